The molecule has 0 bridgehead atoms. The van der Waals surface area contributed by atoms with Gasteiger partial charge in [0, 0.05) is 40.2 Å². The Morgan fingerprint density at radius 1 is 1.00 bits per heavy atom. The minimum Gasteiger partial charge on any atom is -0.398 e. The van der Waals surface area contributed by atoms with Gasteiger partial charge in [-0.1, -0.05) is 19.1 Å². The maximum absolute atomic E-state index is 5.99. The molecule has 3 N–H and O–H groups in total. The number of aryl methyl sites for hydroxylation is 1. The fourth-order valence-corrected chi connectivity index (χ4v) is 2.30. The lowest BCUT2D eigenvalue weighted by molar-refractivity contribution is 1.14. The van der Waals surface area contributed by atoms with Crippen LogP contribution in [0.4, 0.5) is 17.1 Å². The third-order valence-corrected chi connectivity index (χ3v) is 3.49. The molecule has 0 aliphatic rings. The molecule has 3 heteroatoms. The number of hydrogen-bond donors (Lipinski definition) is 2. The molecule has 0 aliphatic carbocycles. The monoisotopic (exact) mass is 263 g/mol. The first kappa shape index (κ1) is 12.5. The van der Waals surface area contributed by atoms with Crippen LogP contribution in [0, 0.1) is 0 Å². The van der Waals surface area contributed by atoms with Crippen LogP contribution in [0.1, 0.15) is 12.5 Å². The number of nitrogens with one attached hydrogen (secondary N) is 1. The lowest BCUT2D eigenvalue weighted by Crippen LogP contribution is -1.95. The zero-order valence-electron chi connectivity index (χ0n) is 11.4. The van der Waals surface area contributed by atoms with E-state index in [1.165, 1.54) is 5.56 Å². The Kier molecular flexibility index (Phi) is 3.25. The number of fused-ring (bicyclic) bond motifs is 1. The maximum Gasteiger partial charge on any atom is 0.0466 e. The number of nitrogens with zero attached hydrogens (tertiary/aromatic N) is 1. The van der Waals surface area contributed by atoms with E-state index in [1.807, 2.05) is 18.2 Å². The van der Waals surface area contributed by atoms with Crippen LogP contribution in [0.2, 0.25) is 0 Å². The molecule has 3 rings (SSSR count). The van der Waals surface area contributed by atoms with Gasteiger partial charge in [0.2, 0.25) is 0 Å². The molecule has 2 aromatic carbocycles. The summed E-state index contributed by atoms with van der Waals surface area (Å²) < 4.78 is 0. The van der Waals surface area contributed by atoms with Crippen LogP contribution in [0.5, 0.6) is 0 Å². The number of benzene rings is 2. The molecule has 100 valence electrons. The molecule has 3 aromatic rings. The second-order valence-electron chi connectivity index (χ2n) is 4.80. The average molecular weight is 263 g/mol. The van der Waals surface area contributed by atoms with Gasteiger partial charge in [-0.3, -0.25) is 4.98 Å². The first-order chi connectivity index (χ1) is 9.78. The number of rotatable bonds is 3. The highest BCUT2D eigenvalue weighted by Crippen LogP contribution is 2.29. The SMILES string of the molecule is CCc1ccc(Nc2ccc(N)c3cnccc23)cc1. The van der Waals surface area contributed by atoms with Crippen molar-refractivity contribution in [2.75, 3.05) is 11.1 Å². The largest absolute Gasteiger partial charge is 0.398 e. The highest BCUT2D eigenvalue weighted by atomic mass is 14.9. The first-order valence-corrected chi connectivity index (χ1v) is 6.76. The van der Waals surface area contributed by atoms with E-state index in [0.29, 0.717) is 0 Å². The Bertz CT molecular complexity index is 733. The Morgan fingerprint density at radius 3 is 2.55 bits per heavy atom. The lowest BCUT2D eigenvalue weighted by atomic mass is 10.1. The summed E-state index contributed by atoms with van der Waals surface area (Å²) in [6, 6.07) is 14.4. The van der Waals surface area contributed by atoms with E-state index in [1.54, 1.807) is 12.4 Å². The van der Waals surface area contributed by atoms with E-state index < -0.39 is 0 Å². The molecule has 1 heterocycles. The van der Waals surface area contributed by atoms with Crippen molar-refractivity contribution in [2.24, 2.45) is 0 Å². The Labute approximate surface area is 118 Å². The summed E-state index contributed by atoms with van der Waals surface area (Å²) >= 11 is 0. The van der Waals surface area contributed by atoms with Crippen LogP contribution in [0.3, 0.4) is 0 Å². The molecule has 0 unspecified atom stereocenters. The third kappa shape index (κ3) is 2.30. The van der Waals surface area contributed by atoms with E-state index in [9.17, 15) is 0 Å². The highest BCUT2D eigenvalue weighted by molar-refractivity contribution is 6.01. The van der Waals surface area contributed by atoms with Crippen LogP contribution < -0.4 is 11.1 Å². The summed E-state index contributed by atoms with van der Waals surface area (Å²) in [5.41, 5.74) is 10.2. The predicted octanol–water partition coefficient (Wildman–Crippen LogP) is 4.12. The summed E-state index contributed by atoms with van der Waals surface area (Å²) in [5, 5.41) is 5.50. The van der Waals surface area contributed by atoms with Crippen LogP contribution in [-0.4, -0.2) is 4.98 Å². The Balaban J connectivity index is 2.00. The van der Waals surface area contributed by atoms with Crippen molar-refractivity contribution < 1.29 is 0 Å². The van der Waals surface area contributed by atoms with E-state index in [-0.39, 0.29) is 0 Å². The number of pyridine rings is 1. The van der Waals surface area contributed by atoms with Crippen molar-refractivity contribution in [1.29, 1.82) is 0 Å². The van der Waals surface area contributed by atoms with Gasteiger partial charge >= 0.3 is 0 Å². The van der Waals surface area contributed by atoms with Crippen LogP contribution in [0.25, 0.3) is 10.8 Å². The second kappa shape index (κ2) is 5.21. The van der Waals surface area contributed by atoms with Crippen molar-refractivity contribution in [1.82, 2.24) is 4.98 Å². The van der Waals surface area contributed by atoms with Crippen molar-refractivity contribution in [3.63, 3.8) is 0 Å². The number of nitrogens with two attached hydrogens (primary N) is 1. The van der Waals surface area contributed by atoms with Gasteiger partial charge in [0.25, 0.3) is 0 Å². The summed E-state index contributed by atoms with van der Waals surface area (Å²) in [7, 11) is 0. The van der Waals surface area contributed by atoms with Gasteiger partial charge in [0.15, 0.2) is 0 Å². The summed E-state index contributed by atoms with van der Waals surface area (Å²) in [4.78, 5) is 4.14. The molecule has 20 heavy (non-hydrogen) atoms. The van der Waals surface area contributed by atoms with Crippen molar-refractivity contribution in [3.05, 3.63) is 60.4 Å². The molecule has 0 radical (unpaired) electrons. The molecule has 0 amide bonds. The minimum absolute atomic E-state index is 0.750. The molecular weight excluding hydrogens is 246 g/mol. The molecule has 3 nitrogen and oxygen atoms in total. The van der Waals surface area contributed by atoms with Gasteiger partial charge in [-0.25, -0.2) is 0 Å². The second-order valence-corrected chi connectivity index (χ2v) is 4.80. The fourth-order valence-electron chi connectivity index (χ4n) is 2.30. The number of nitrogen functional groups attached to an aromatic ring is 1. The van der Waals surface area contributed by atoms with Crippen molar-refractivity contribution in [2.45, 2.75) is 13.3 Å². The molecule has 0 saturated carbocycles. The van der Waals surface area contributed by atoms with Crippen molar-refractivity contribution in [3.8, 4) is 0 Å². The Morgan fingerprint density at radius 2 is 1.80 bits per heavy atom. The molecule has 1 aromatic heterocycles. The smallest absolute Gasteiger partial charge is 0.0466 e. The third-order valence-electron chi connectivity index (χ3n) is 3.49. The standard InChI is InChI=1S/C17H17N3/c1-2-12-3-5-13(6-4-12)20-17-8-7-16(18)15-11-19-10-9-14(15)17/h3-11,20H,2,18H2,1H3. The van der Waals surface area contributed by atoms with Gasteiger partial charge in [0.1, 0.15) is 0 Å². The van der Waals surface area contributed by atoms with E-state index in [0.717, 1.165) is 34.3 Å². The average Bonchev–Trinajstić information content (AvgIpc) is 2.51. The number of aromatic nitrogens is 1. The van der Waals surface area contributed by atoms with Gasteiger partial charge in [-0.2, -0.15) is 0 Å². The van der Waals surface area contributed by atoms with Gasteiger partial charge in [0.05, 0.1) is 0 Å². The Hall–Kier alpha value is -2.55. The molecule has 0 saturated heterocycles. The minimum atomic E-state index is 0.750. The van der Waals surface area contributed by atoms with Crippen LogP contribution >= 0.6 is 0 Å². The maximum atomic E-state index is 5.99. The van der Waals surface area contributed by atoms with Gasteiger partial charge in [-0.05, 0) is 42.3 Å². The summed E-state index contributed by atoms with van der Waals surface area (Å²) in [6.45, 7) is 2.16. The molecule has 0 spiro atoms. The van der Waals surface area contributed by atoms with Gasteiger partial charge in [-0.15, -0.1) is 0 Å². The highest BCUT2D eigenvalue weighted by Gasteiger charge is 2.04. The number of hydrogen-bond acceptors (Lipinski definition) is 3. The fraction of sp³-hybridized carbons (Fsp3) is 0.118. The van der Waals surface area contributed by atoms with E-state index >= 15 is 0 Å². The lowest BCUT2D eigenvalue weighted by Gasteiger charge is -2.11. The summed E-state index contributed by atoms with van der Waals surface area (Å²) in [6.07, 6.45) is 4.64. The van der Waals surface area contributed by atoms with E-state index in [2.05, 4.69) is 41.5 Å². The zero-order chi connectivity index (χ0) is 13.9. The molecule has 0 fully saturated rings. The molecule has 0 aliphatic heterocycles. The number of anilines is 3. The zero-order valence-corrected chi connectivity index (χ0v) is 11.4. The van der Waals surface area contributed by atoms with Gasteiger partial charge < -0.3 is 11.1 Å². The normalized spacial score (nSPS) is 10.7. The molecular formula is C17H17N3. The quantitative estimate of drug-likeness (QED) is 0.699. The topological polar surface area (TPSA) is 50.9 Å². The van der Waals surface area contributed by atoms with Crippen molar-refractivity contribution >= 4 is 27.8 Å². The summed E-state index contributed by atoms with van der Waals surface area (Å²) in [5.74, 6) is 0. The first-order valence-electron chi connectivity index (χ1n) is 6.76. The van der Waals surface area contributed by atoms with E-state index in [4.69, 9.17) is 5.73 Å². The predicted molar refractivity (Wildman–Crippen MR) is 85.3 cm³/mol. The van der Waals surface area contributed by atoms with Crippen LogP contribution in [0.15, 0.2) is 54.9 Å². The van der Waals surface area contributed by atoms with Crippen LogP contribution in [-0.2, 0) is 6.42 Å². The molecule has 0 atom stereocenters.